The van der Waals surface area contributed by atoms with Gasteiger partial charge in [0, 0.05) is 0 Å². The number of rotatable bonds is 8. The van der Waals surface area contributed by atoms with Gasteiger partial charge >= 0.3 is 41.9 Å². The minimum absolute atomic E-state index is 0. The van der Waals surface area contributed by atoms with Crippen LogP contribution in [0, 0.1) is 10.8 Å². The van der Waals surface area contributed by atoms with E-state index in [2.05, 4.69) is 175 Å². The normalized spacial score (nSPS) is 16.3. The molecule has 6 aromatic carbocycles. The first-order valence-corrected chi connectivity index (χ1v) is 36.7. The first kappa shape index (κ1) is 52.8. The zero-order chi connectivity index (χ0) is 43.1. The number of fused-ring (bicyclic) bond motifs is 2. The van der Waals surface area contributed by atoms with Gasteiger partial charge in [0.2, 0.25) is 0 Å². The van der Waals surface area contributed by atoms with Crippen molar-refractivity contribution in [2.75, 3.05) is 0 Å². The van der Waals surface area contributed by atoms with Gasteiger partial charge in [-0.25, -0.2) is 0 Å². The Labute approximate surface area is 407 Å². The van der Waals surface area contributed by atoms with Gasteiger partial charge in [0.25, 0.3) is 0 Å². The van der Waals surface area contributed by atoms with Crippen LogP contribution in [0.25, 0.3) is 43.8 Å². The van der Waals surface area contributed by atoms with Crippen molar-refractivity contribution in [2.45, 2.75) is 156 Å². The van der Waals surface area contributed by atoms with E-state index in [1.54, 1.807) is 23.3 Å². The van der Waals surface area contributed by atoms with Gasteiger partial charge < -0.3 is 24.8 Å². The maximum atomic E-state index is 2.52. The maximum absolute atomic E-state index is 2.52. The second-order valence-corrected chi connectivity index (χ2v) is 41.3. The van der Waals surface area contributed by atoms with Crippen LogP contribution in [0.5, 0.6) is 0 Å². The predicted molar refractivity (Wildman–Crippen MR) is 272 cm³/mol. The van der Waals surface area contributed by atoms with E-state index in [0.29, 0.717) is 10.8 Å². The van der Waals surface area contributed by atoms with Crippen molar-refractivity contribution in [1.29, 1.82) is 0 Å². The molecule has 0 N–H and O–H groups in total. The Hall–Kier alpha value is -1.79. The van der Waals surface area contributed by atoms with Crippen molar-refractivity contribution >= 4 is 53.5 Å². The molecule has 0 nitrogen and oxygen atoms in total. The van der Waals surface area contributed by atoms with Crippen LogP contribution < -0.4 is 35.2 Å². The van der Waals surface area contributed by atoms with Crippen LogP contribution in [0.15, 0.2) is 109 Å². The molecule has 0 bridgehead atoms. The molecular formula is C56H76Cl2Si3Zr-2. The van der Waals surface area contributed by atoms with Crippen LogP contribution in [-0.2, 0) is 36.2 Å². The standard InChI is InChI=1S/2C27H35Si.C2H6Si.2ClH.Zr/c2*1-27(16-7-5-6-8-17-27)20-21-18-23-10-9-11-25(26(23)19-21)22-12-14-24(15-13-22)28(2,3)4;1-3-2;;;/h2*9-15,18-19H,5-8,16-17,20H2,1-4H3;1-2H3;2*1H;/q2*-1;;;;+2/p-2. The van der Waals surface area contributed by atoms with Crippen molar-refractivity contribution < 1.29 is 48.1 Å². The van der Waals surface area contributed by atoms with Crippen LogP contribution in [-0.4, -0.2) is 21.6 Å². The Balaban J connectivity index is 0.000000244. The molecule has 0 saturated heterocycles. The summed E-state index contributed by atoms with van der Waals surface area (Å²) in [6.45, 7) is 24.2. The molecule has 0 unspecified atom stereocenters. The zero-order valence-corrected chi connectivity index (χ0v) is 47.0. The first-order valence-electron chi connectivity index (χ1n) is 23.5. The van der Waals surface area contributed by atoms with E-state index >= 15 is 0 Å². The van der Waals surface area contributed by atoms with E-state index in [-0.39, 0.29) is 30.2 Å². The largest absolute Gasteiger partial charge is 1.00 e. The third kappa shape index (κ3) is 14.6. The van der Waals surface area contributed by atoms with Crippen LogP contribution in [0.4, 0.5) is 0 Å². The van der Waals surface area contributed by atoms with E-state index in [9.17, 15) is 0 Å². The Bertz CT molecular complexity index is 2140. The monoisotopic (exact) mass is 992 g/mol. The maximum Gasteiger partial charge on any atom is -1.00 e. The van der Waals surface area contributed by atoms with Crippen molar-refractivity contribution in [3.8, 4) is 22.3 Å². The minimum atomic E-state index is -1.24. The number of benzene rings is 4. The molecule has 0 heterocycles. The average molecular weight is 996 g/mol. The fraction of sp³-hybridized carbons (Fsp3) is 0.464. The Morgan fingerprint density at radius 1 is 0.500 bits per heavy atom. The summed E-state index contributed by atoms with van der Waals surface area (Å²) in [5, 5.41) is 8.73. The van der Waals surface area contributed by atoms with E-state index in [1.165, 1.54) is 155 Å². The van der Waals surface area contributed by atoms with Crippen molar-refractivity contribution in [1.82, 2.24) is 0 Å². The molecule has 0 aliphatic heterocycles. The average Bonchev–Trinajstić information content (AvgIpc) is 3.64. The van der Waals surface area contributed by atoms with Crippen molar-refractivity contribution in [3.63, 3.8) is 0 Å². The fourth-order valence-electron chi connectivity index (χ4n) is 10.1. The smallest absolute Gasteiger partial charge is 1.00 e. The second kappa shape index (κ2) is 23.1. The molecule has 62 heavy (non-hydrogen) atoms. The first-order chi connectivity index (χ1) is 28.4. The van der Waals surface area contributed by atoms with Gasteiger partial charge in [0.05, 0.1) is 16.1 Å². The summed E-state index contributed by atoms with van der Waals surface area (Å²) in [5.74, 6) is 0. The van der Waals surface area contributed by atoms with E-state index in [1.807, 2.05) is 0 Å². The summed E-state index contributed by atoms with van der Waals surface area (Å²) in [6.07, 6.45) is 19.4. The summed E-state index contributed by atoms with van der Waals surface area (Å²) < 4.78 is 0. The molecule has 0 amide bonds. The van der Waals surface area contributed by atoms with Crippen LogP contribution in [0.1, 0.15) is 102 Å². The number of halogens is 2. The molecule has 8 rings (SSSR count). The van der Waals surface area contributed by atoms with Gasteiger partial charge in [-0.3, -0.25) is 0 Å². The molecule has 2 saturated carbocycles. The van der Waals surface area contributed by atoms with Crippen LogP contribution in [0.3, 0.4) is 0 Å². The summed E-state index contributed by atoms with van der Waals surface area (Å²) in [7, 11) is -2.49. The zero-order valence-electron chi connectivity index (χ0n) is 40.0. The number of hydrogen-bond donors (Lipinski definition) is 0. The molecule has 0 spiro atoms. The summed E-state index contributed by atoms with van der Waals surface area (Å²) in [5.41, 5.74) is 9.73. The summed E-state index contributed by atoms with van der Waals surface area (Å²) >= 11 is 1.74. The minimum Gasteiger partial charge on any atom is -1.00 e. The summed E-state index contributed by atoms with van der Waals surface area (Å²) in [6, 6.07) is 42.2. The Morgan fingerprint density at radius 2 is 0.806 bits per heavy atom. The molecule has 6 heteroatoms. The molecule has 0 aromatic heterocycles. The second-order valence-electron chi connectivity index (χ2n) is 21.8. The molecule has 2 fully saturated rings. The Kier molecular flexibility index (Phi) is 19.7. The quantitative estimate of drug-likeness (QED) is 0.0810. The van der Waals surface area contributed by atoms with Crippen LogP contribution in [0.2, 0.25) is 52.4 Å². The van der Waals surface area contributed by atoms with Crippen molar-refractivity contribution in [3.05, 3.63) is 120 Å². The summed E-state index contributed by atoms with van der Waals surface area (Å²) in [4.78, 5) is 0. The molecule has 6 aromatic rings. The van der Waals surface area contributed by atoms with Gasteiger partial charge in [-0.05, 0) is 60.5 Å². The van der Waals surface area contributed by atoms with Gasteiger partial charge in [-0.1, -0.05) is 187 Å². The SMILES string of the molecule is CC1(Cc2cc3c(-c4ccc([Si](C)(C)C)cc4)cccc3[cH-]2)CCCCCC1.CC1(Cc2cc3c(-c4ccc([Si](C)(C)C)cc4)cccc3[cH-]2)CCCCCC1.C[Si](C)=[Zr+2].[Cl-].[Cl-]. The third-order valence-electron chi connectivity index (χ3n) is 13.6. The van der Waals surface area contributed by atoms with Gasteiger partial charge in [-0.2, -0.15) is 12.1 Å². The van der Waals surface area contributed by atoms with Gasteiger partial charge in [-0.15, -0.1) is 69.1 Å². The molecule has 2 aliphatic rings. The Morgan fingerprint density at radius 3 is 1.10 bits per heavy atom. The molecule has 0 radical (unpaired) electrons. The third-order valence-corrected chi connectivity index (χ3v) is 17.8. The van der Waals surface area contributed by atoms with Crippen LogP contribution >= 0.6 is 0 Å². The topological polar surface area (TPSA) is 0 Å². The molecule has 0 atom stereocenters. The molecular weight excluding hydrogens is 919 g/mol. The molecule has 332 valence electrons. The van der Waals surface area contributed by atoms with Gasteiger partial charge in [0.15, 0.2) is 0 Å². The van der Waals surface area contributed by atoms with E-state index < -0.39 is 16.1 Å². The van der Waals surface area contributed by atoms with Gasteiger partial charge in [0.1, 0.15) is 0 Å². The van der Waals surface area contributed by atoms with E-state index in [4.69, 9.17) is 0 Å². The number of hydrogen-bond acceptors (Lipinski definition) is 0. The van der Waals surface area contributed by atoms with E-state index in [0.717, 1.165) is 0 Å². The van der Waals surface area contributed by atoms with Crippen molar-refractivity contribution in [2.24, 2.45) is 10.8 Å². The fourth-order valence-corrected chi connectivity index (χ4v) is 12.4. The predicted octanol–water partition coefficient (Wildman–Crippen LogP) is 10.1. The molecule has 2 aliphatic carbocycles.